The Morgan fingerprint density at radius 1 is 1.24 bits per heavy atom. The number of aromatic nitrogens is 2. The van der Waals surface area contributed by atoms with Gasteiger partial charge in [-0.1, -0.05) is 11.9 Å². The number of aliphatic hydroxyl groups excluding tert-OH is 1. The maximum atomic E-state index is 13.9. The number of nitrogen functional groups attached to an aromatic ring is 1. The summed E-state index contributed by atoms with van der Waals surface area (Å²) in [5.41, 5.74) is 12.9. The highest BCUT2D eigenvalue weighted by atomic mass is 32.2. The van der Waals surface area contributed by atoms with Gasteiger partial charge in [-0.2, -0.15) is 5.10 Å². The molecule has 0 radical (unpaired) electrons. The van der Waals surface area contributed by atoms with E-state index in [1.54, 1.807) is 28.9 Å². The van der Waals surface area contributed by atoms with Crippen molar-refractivity contribution in [2.75, 3.05) is 31.2 Å². The molecule has 0 spiro atoms. The van der Waals surface area contributed by atoms with E-state index >= 15 is 0 Å². The fourth-order valence-corrected chi connectivity index (χ4v) is 5.04. The Balaban J connectivity index is 1.55. The maximum Gasteiger partial charge on any atom is 0.254 e. The summed E-state index contributed by atoms with van der Waals surface area (Å²) in [7, 11) is 0. The number of amides is 1. The Bertz CT molecular complexity index is 1300. The molecule has 0 aliphatic carbocycles. The summed E-state index contributed by atoms with van der Waals surface area (Å²) in [5.74, 6) is -2.27. The van der Waals surface area contributed by atoms with E-state index in [1.165, 1.54) is 18.0 Å². The van der Waals surface area contributed by atoms with Crippen LogP contribution in [-0.4, -0.2) is 50.5 Å². The molecule has 4 rings (SSSR count). The summed E-state index contributed by atoms with van der Waals surface area (Å²) in [6.07, 6.45) is 2.69. The summed E-state index contributed by atoms with van der Waals surface area (Å²) in [6, 6.07) is 9.23. The smallest absolute Gasteiger partial charge is 0.254 e. The van der Waals surface area contributed by atoms with Crippen molar-refractivity contribution < 1.29 is 27.8 Å². The molecule has 8 nitrogen and oxygen atoms in total. The topological polar surface area (TPSA) is 120 Å². The predicted molar refractivity (Wildman–Crippen MR) is 136 cm³/mol. The number of nitrogens with two attached hydrogens (primary N) is 2. The molecule has 2 aromatic carbocycles. The van der Waals surface area contributed by atoms with Crippen molar-refractivity contribution in [1.29, 1.82) is 0 Å². The van der Waals surface area contributed by atoms with E-state index in [0.29, 0.717) is 23.6 Å². The Morgan fingerprint density at radius 2 is 2.00 bits per heavy atom. The molecule has 196 valence electrons. The van der Waals surface area contributed by atoms with E-state index in [-0.39, 0.29) is 35.5 Å². The highest BCUT2D eigenvalue weighted by Gasteiger charge is 2.29. The van der Waals surface area contributed by atoms with Gasteiger partial charge in [0.1, 0.15) is 34.5 Å². The Hall–Kier alpha value is -3.48. The molecule has 1 aromatic heterocycles. The van der Waals surface area contributed by atoms with Gasteiger partial charge in [-0.15, -0.1) is 0 Å². The number of hydrogen-bond acceptors (Lipinski definition) is 7. The monoisotopic (exact) mass is 533 g/mol. The fraction of sp³-hybridized carbons (Fsp3) is 0.280. The van der Waals surface area contributed by atoms with Crippen LogP contribution in [0.4, 0.5) is 19.0 Å². The molecule has 2 heterocycles. The van der Waals surface area contributed by atoms with E-state index in [2.05, 4.69) is 5.10 Å². The van der Waals surface area contributed by atoms with Crippen LogP contribution in [0.15, 0.2) is 54.4 Å². The number of rotatable bonds is 9. The highest BCUT2D eigenvalue weighted by Crippen LogP contribution is 2.35. The minimum absolute atomic E-state index is 0.0833. The third kappa shape index (κ3) is 6.27. The molecule has 5 N–H and O–H groups in total. The molecule has 0 bridgehead atoms. The molecule has 1 saturated heterocycles. The van der Waals surface area contributed by atoms with Crippen LogP contribution in [0.2, 0.25) is 0 Å². The summed E-state index contributed by atoms with van der Waals surface area (Å²) in [4.78, 5) is 12.3. The normalized spacial score (nSPS) is 16.6. The quantitative estimate of drug-likeness (QED) is 0.348. The Morgan fingerprint density at radius 3 is 2.68 bits per heavy atom. The number of halogens is 3. The second-order valence-electron chi connectivity index (χ2n) is 8.41. The van der Waals surface area contributed by atoms with Crippen LogP contribution in [0.5, 0.6) is 11.5 Å². The number of nitrogens with zero attached hydrogens (tertiary/aromatic N) is 3. The number of ether oxygens (including phenoxy) is 1. The van der Waals surface area contributed by atoms with E-state index in [1.807, 2.05) is 4.31 Å². The van der Waals surface area contributed by atoms with Crippen LogP contribution < -0.4 is 16.2 Å². The standard InChI is InChI=1S/C25H26F3N5O3S/c26-16-5-8-21(20(28)12-16)36-19-6-3-15(4-7-19)23-22(25(30)35)24(29)33(31-23)18-2-1-10-32(13-18)37-14-17(27)9-11-34/h3-9,12,18,34H,1-2,10-11,13-14,29H2,(H2,30,35)/b17-9-/t18-/m1/s1. The number of piperidine rings is 1. The second-order valence-corrected chi connectivity index (χ2v) is 9.47. The molecule has 12 heteroatoms. The first kappa shape index (κ1) is 26.6. The van der Waals surface area contributed by atoms with Crippen LogP contribution in [-0.2, 0) is 0 Å². The van der Waals surface area contributed by atoms with Gasteiger partial charge in [-0.05, 0) is 55.3 Å². The number of anilines is 1. The molecule has 1 fully saturated rings. The lowest BCUT2D eigenvalue weighted by Gasteiger charge is -2.32. The van der Waals surface area contributed by atoms with Crippen molar-refractivity contribution in [1.82, 2.24) is 14.1 Å². The van der Waals surface area contributed by atoms with E-state index in [4.69, 9.17) is 21.3 Å². The van der Waals surface area contributed by atoms with Crippen molar-refractivity contribution in [2.45, 2.75) is 18.9 Å². The van der Waals surface area contributed by atoms with Gasteiger partial charge in [-0.25, -0.2) is 22.2 Å². The predicted octanol–water partition coefficient (Wildman–Crippen LogP) is 4.43. The lowest BCUT2D eigenvalue weighted by molar-refractivity contribution is 0.100. The number of benzene rings is 2. The van der Waals surface area contributed by atoms with Gasteiger partial charge in [-0.3, -0.25) is 4.79 Å². The zero-order valence-electron chi connectivity index (χ0n) is 19.7. The average molecular weight is 534 g/mol. The molecule has 1 atom stereocenters. The highest BCUT2D eigenvalue weighted by molar-refractivity contribution is 7.97. The van der Waals surface area contributed by atoms with Gasteiger partial charge in [0.05, 0.1) is 18.4 Å². The second kappa shape index (κ2) is 11.7. The lowest BCUT2D eigenvalue weighted by Crippen LogP contribution is -2.33. The summed E-state index contributed by atoms with van der Waals surface area (Å²) < 4.78 is 49.8. The molecule has 3 aromatic rings. The van der Waals surface area contributed by atoms with Crippen LogP contribution in [0.1, 0.15) is 29.2 Å². The maximum absolute atomic E-state index is 13.9. The average Bonchev–Trinajstić information content (AvgIpc) is 3.22. The number of carbonyl (C=O) groups is 1. The van der Waals surface area contributed by atoms with Crippen molar-refractivity contribution in [3.8, 4) is 22.8 Å². The minimum Gasteiger partial charge on any atom is -0.454 e. The zero-order valence-corrected chi connectivity index (χ0v) is 20.6. The minimum atomic E-state index is -0.835. The molecule has 1 aliphatic rings. The number of aliphatic hydroxyl groups is 1. The summed E-state index contributed by atoms with van der Waals surface area (Å²) in [5, 5.41) is 13.4. The molecular weight excluding hydrogens is 507 g/mol. The van der Waals surface area contributed by atoms with Crippen molar-refractivity contribution in [2.24, 2.45) is 5.73 Å². The SMILES string of the molecule is NC(=O)c1c(-c2ccc(Oc3ccc(F)cc3F)cc2)nn([C@@H]2CCCN(SC/C(F)=C/CO)C2)c1N. The first-order chi connectivity index (χ1) is 17.8. The van der Waals surface area contributed by atoms with E-state index in [9.17, 15) is 18.0 Å². The van der Waals surface area contributed by atoms with Gasteiger partial charge in [0.25, 0.3) is 5.91 Å². The van der Waals surface area contributed by atoms with Gasteiger partial charge < -0.3 is 21.3 Å². The van der Waals surface area contributed by atoms with Crippen LogP contribution in [0.3, 0.4) is 0 Å². The first-order valence-corrected chi connectivity index (χ1v) is 12.5. The molecular formula is C25H26F3N5O3S. The molecule has 0 saturated carbocycles. The van der Waals surface area contributed by atoms with Crippen LogP contribution in [0, 0.1) is 11.6 Å². The molecule has 1 amide bonds. The lowest BCUT2D eigenvalue weighted by atomic mass is 10.1. The number of carbonyl (C=O) groups excluding carboxylic acids is 1. The largest absolute Gasteiger partial charge is 0.454 e. The van der Waals surface area contributed by atoms with Crippen molar-refractivity contribution >= 4 is 23.7 Å². The Kier molecular flexibility index (Phi) is 8.41. The third-order valence-corrected chi connectivity index (χ3v) is 6.95. The molecule has 37 heavy (non-hydrogen) atoms. The summed E-state index contributed by atoms with van der Waals surface area (Å²) in [6.45, 7) is 0.921. The van der Waals surface area contributed by atoms with Gasteiger partial charge in [0, 0.05) is 24.7 Å². The van der Waals surface area contributed by atoms with Crippen LogP contribution >= 0.6 is 11.9 Å². The Labute approximate surface area is 215 Å². The van der Waals surface area contributed by atoms with Gasteiger partial charge >= 0.3 is 0 Å². The zero-order chi connectivity index (χ0) is 26.5. The van der Waals surface area contributed by atoms with E-state index in [0.717, 1.165) is 37.6 Å². The first-order valence-electron chi connectivity index (χ1n) is 11.5. The van der Waals surface area contributed by atoms with E-state index < -0.39 is 23.4 Å². The third-order valence-electron chi connectivity index (χ3n) is 5.85. The fourth-order valence-electron chi connectivity index (χ4n) is 4.09. The number of primary amides is 1. The van der Waals surface area contributed by atoms with Gasteiger partial charge in [0.15, 0.2) is 11.6 Å². The van der Waals surface area contributed by atoms with Crippen LogP contribution in [0.25, 0.3) is 11.3 Å². The van der Waals surface area contributed by atoms with Crippen molar-refractivity contribution in [3.05, 3.63) is 71.6 Å². The summed E-state index contributed by atoms with van der Waals surface area (Å²) >= 11 is 1.31. The molecule has 1 aliphatic heterocycles. The molecule has 0 unspecified atom stereocenters. The number of hydrogen-bond donors (Lipinski definition) is 3. The van der Waals surface area contributed by atoms with Crippen molar-refractivity contribution in [3.63, 3.8) is 0 Å². The van der Waals surface area contributed by atoms with Gasteiger partial charge in [0.2, 0.25) is 0 Å².